The Morgan fingerprint density at radius 2 is 1.55 bits per heavy atom. The number of nitrogens with zero attached hydrogens (tertiary/aromatic N) is 2. The summed E-state index contributed by atoms with van der Waals surface area (Å²) in [6.45, 7) is 3.45. The van der Waals surface area contributed by atoms with Gasteiger partial charge in [0.1, 0.15) is 12.6 Å². The normalized spacial score (nSPS) is 18.7. The number of carboxylic acid groups (broad SMARTS) is 2. The number of hydrogen-bond donors (Lipinski definition) is 4. The Hall–Kier alpha value is -2.53. The van der Waals surface area contributed by atoms with Crippen LogP contribution in [0.4, 0.5) is 0 Å². The first-order chi connectivity index (χ1) is 18.1. The zero-order valence-corrected chi connectivity index (χ0v) is 22.7. The van der Waals surface area contributed by atoms with Gasteiger partial charge in [0.2, 0.25) is 17.7 Å². The maximum atomic E-state index is 13.5. The summed E-state index contributed by atoms with van der Waals surface area (Å²) >= 11 is 0. The van der Waals surface area contributed by atoms with Crippen LogP contribution in [0.5, 0.6) is 0 Å². The van der Waals surface area contributed by atoms with Crippen LogP contribution in [0.3, 0.4) is 0 Å². The van der Waals surface area contributed by atoms with Crippen LogP contribution in [0.15, 0.2) is 0 Å². The number of amides is 3. The summed E-state index contributed by atoms with van der Waals surface area (Å²) in [7, 11) is 0. The summed E-state index contributed by atoms with van der Waals surface area (Å²) in [5, 5.41) is 22.5. The molecule has 2 rings (SSSR count). The Kier molecular flexibility index (Phi) is 13.7. The van der Waals surface area contributed by atoms with Crippen molar-refractivity contribution in [2.24, 2.45) is 17.6 Å². The molecule has 2 atom stereocenters. The van der Waals surface area contributed by atoms with Crippen LogP contribution in [0, 0.1) is 11.8 Å². The number of aliphatic carboxylic acids is 2. The van der Waals surface area contributed by atoms with E-state index < -0.39 is 48.8 Å². The highest BCUT2D eigenvalue weighted by Gasteiger charge is 2.39. The van der Waals surface area contributed by atoms with Crippen LogP contribution in [0.2, 0.25) is 0 Å². The first kappa shape index (κ1) is 31.7. The van der Waals surface area contributed by atoms with Gasteiger partial charge < -0.3 is 26.2 Å². The lowest BCUT2D eigenvalue weighted by atomic mass is 9.91. The van der Waals surface area contributed by atoms with Crippen LogP contribution in [-0.2, 0) is 24.0 Å². The highest BCUT2D eigenvalue weighted by molar-refractivity contribution is 6.03. The largest absolute Gasteiger partial charge is 0.481 e. The minimum absolute atomic E-state index is 0.0243. The number of carbonyl (C=O) groups excluding carboxylic acids is 3. The molecule has 1 aliphatic heterocycles. The number of hydrogen-bond acceptors (Lipinski definition) is 7. The first-order valence-electron chi connectivity index (χ1n) is 14.2. The summed E-state index contributed by atoms with van der Waals surface area (Å²) < 4.78 is 0. The van der Waals surface area contributed by atoms with Gasteiger partial charge in [-0.1, -0.05) is 38.5 Å². The molecule has 1 heterocycles. The van der Waals surface area contributed by atoms with E-state index in [0.717, 1.165) is 70.9 Å². The van der Waals surface area contributed by atoms with Gasteiger partial charge in [-0.3, -0.25) is 24.1 Å². The zero-order valence-electron chi connectivity index (χ0n) is 22.7. The number of nitrogens with one attached hydrogen (secondary N) is 1. The number of rotatable bonds is 14. The fraction of sp³-hybridized carbons (Fsp3) is 0.815. The van der Waals surface area contributed by atoms with Gasteiger partial charge in [0.25, 0.3) is 0 Å². The molecule has 2 fully saturated rings. The van der Waals surface area contributed by atoms with E-state index in [1.165, 1.54) is 4.90 Å². The van der Waals surface area contributed by atoms with E-state index in [1.807, 2.05) is 0 Å². The summed E-state index contributed by atoms with van der Waals surface area (Å²) in [6, 6.07) is -3.03. The zero-order chi connectivity index (χ0) is 28.1. The van der Waals surface area contributed by atoms with Crippen molar-refractivity contribution in [2.75, 3.05) is 26.2 Å². The molecule has 11 nitrogen and oxygen atoms in total. The van der Waals surface area contributed by atoms with E-state index in [1.54, 1.807) is 6.92 Å². The van der Waals surface area contributed by atoms with Gasteiger partial charge in [0, 0.05) is 13.0 Å². The Morgan fingerprint density at radius 3 is 2.11 bits per heavy atom. The van der Waals surface area contributed by atoms with Crippen molar-refractivity contribution in [2.45, 2.75) is 102 Å². The SMILES string of the molecule is CCN(CC(=O)N(C(=O)[C@@H](N)CC(=O)O)[C@@H](CC1CCCCCC1)C(=O)O)C(=O)CCCC1CCNCC1. The second kappa shape index (κ2) is 16.4. The molecule has 0 aromatic heterocycles. The van der Waals surface area contributed by atoms with Crippen LogP contribution < -0.4 is 11.1 Å². The van der Waals surface area contributed by atoms with Crippen molar-refractivity contribution in [1.29, 1.82) is 0 Å². The third-order valence-electron chi connectivity index (χ3n) is 7.87. The molecule has 38 heavy (non-hydrogen) atoms. The quantitative estimate of drug-likeness (QED) is 0.241. The van der Waals surface area contributed by atoms with Gasteiger partial charge >= 0.3 is 11.9 Å². The molecule has 1 aliphatic carbocycles. The fourth-order valence-electron chi connectivity index (χ4n) is 5.62. The topological polar surface area (TPSA) is 170 Å². The van der Waals surface area contributed by atoms with Gasteiger partial charge in [-0.25, -0.2) is 4.79 Å². The van der Waals surface area contributed by atoms with E-state index in [9.17, 15) is 29.1 Å². The van der Waals surface area contributed by atoms with E-state index >= 15 is 0 Å². The average Bonchev–Trinajstić information content (AvgIpc) is 3.15. The first-order valence-corrected chi connectivity index (χ1v) is 14.2. The number of carbonyl (C=O) groups is 5. The lowest BCUT2D eigenvalue weighted by Crippen LogP contribution is -2.57. The molecular weight excluding hydrogens is 492 g/mol. The number of piperidine rings is 1. The molecule has 0 spiro atoms. The maximum Gasteiger partial charge on any atom is 0.326 e. The summed E-state index contributed by atoms with van der Waals surface area (Å²) in [4.78, 5) is 65.1. The van der Waals surface area contributed by atoms with Crippen molar-refractivity contribution in [3.8, 4) is 0 Å². The molecule has 3 amide bonds. The fourth-order valence-corrected chi connectivity index (χ4v) is 5.62. The molecule has 0 aromatic carbocycles. The molecule has 1 saturated carbocycles. The summed E-state index contributed by atoms with van der Waals surface area (Å²) in [6.07, 6.45) is 9.03. The smallest absolute Gasteiger partial charge is 0.326 e. The van der Waals surface area contributed by atoms with Crippen molar-refractivity contribution in [3.63, 3.8) is 0 Å². The number of imide groups is 1. The van der Waals surface area contributed by atoms with Crippen LogP contribution >= 0.6 is 0 Å². The highest BCUT2D eigenvalue weighted by atomic mass is 16.4. The van der Waals surface area contributed by atoms with Gasteiger partial charge in [0.05, 0.1) is 12.5 Å². The van der Waals surface area contributed by atoms with Crippen molar-refractivity contribution in [3.05, 3.63) is 0 Å². The molecule has 0 aromatic rings. The molecule has 2 aliphatic rings. The molecule has 11 heteroatoms. The number of likely N-dealkylation sites (N-methyl/N-ethyl adjacent to an activating group) is 1. The molecule has 0 radical (unpaired) electrons. The molecule has 216 valence electrons. The van der Waals surface area contributed by atoms with Crippen molar-refractivity contribution < 1.29 is 34.2 Å². The predicted molar refractivity (Wildman–Crippen MR) is 141 cm³/mol. The monoisotopic (exact) mass is 538 g/mol. The minimum atomic E-state index is -1.57. The Morgan fingerprint density at radius 1 is 0.921 bits per heavy atom. The van der Waals surface area contributed by atoms with E-state index in [-0.39, 0.29) is 31.2 Å². The van der Waals surface area contributed by atoms with Gasteiger partial charge in [-0.2, -0.15) is 0 Å². The Bertz CT molecular complexity index is 807. The molecule has 0 unspecified atom stereocenters. The van der Waals surface area contributed by atoms with E-state index in [2.05, 4.69) is 5.32 Å². The summed E-state index contributed by atoms with van der Waals surface area (Å²) in [5.74, 6) is -4.17. The maximum absolute atomic E-state index is 13.5. The second-order valence-electron chi connectivity index (χ2n) is 10.7. The molecular formula is C27H46N4O7. The van der Waals surface area contributed by atoms with Gasteiger partial charge in [-0.15, -0.1) is 0 Å². The van der Waals surface area contributed by atoms with Crippen LogP contribution in [0.25, 0.3) is 0 Å². The van der Waals surface area contributed by atoms with Crippen LogP contribution in [0.1, 0.15) is 90.4 Å². The molecule has 5 N–H and O–H groups in total. The number of nitrogens with two attached hydrogens (primary N) is 1. The summed E-state index contributed by atoms with van der Waals surface area (Å²) in [5.41, 5.74) is 5.81. The lowest BCUT2D eigenvalue weighted by Gasteiger charge is -2.33. The molecule has 0 bridgehead atoms. The third kappa shape index (κ3) is 10.3. The minimum Gasteiger partial charge on any atom is -0.481 e. The average molecular weight is 539 g/mol. The third-order valence-corrected chi connectivity index (χ3v) is 7.87. The number of carboxylic acids is 2. The predicted octanol–water partition coefficient (Wildman–Crippen LogP) is 1.98. The standard InChI is InChI=1S/C27H46N4O7/c1-2-30(23(32)11-7-10-19-12-14-29-15-13-19)18-24(33)31(26(36)21(28)17-25(34)35)22(27(37)38)16-20-8-5-3-4-6-9-20/h19-22,29H,2-18,28H2,1H3,(H,34,35)(H,37,38)/t21-,22-/m0/s1. The Labute approximate surface area is 225 Å². The second-order valence-corrected chi connectivity index (χ2v) is 10.7. The lowest BCUT2D eigenvalue weighted by molar-refractivity contribution is -0.161. The van der Waals surface area contributed by atoms with E-state index in [0.29, 0.717) is 17.2 Å². The Balaban J connectivity index is 2.14. The van der Waals surface area contributed by atoms with Crippen molar-refractivity contribution in [1.82, 2.24) is 15.1 Å². The van der Waals surface area contributed by atoms with Gasteiger partial charge in [0.15, 0.2) is 0 Å². The highest BCUT2D eigenvalue weighted by Crippen LogP contribution is 2.28. The van der Waals surface area contributed by atoms with Crippen LogP contribution in [-0.4, -0.2) is 87.9 Å². The molecule has 1 saturated heterocycles. The van der Waals surface area contributed by atoms with Gasteiger partial charge in [-0.05, 0) is 64.0 Å². The van der Waals surface area contributed by atoms with E-state index in [4.69, 9.17) is 10.8 Å². The van der Waals surface area contributed by atoms with Crippen molar-refractivity contribution >= 4 is 29.7 Å².